The Balaban J connectivity index is 1.87. The van der Waals surface area contributed by atoms with Crippen LogP contribution in [0.3, 0.4) is 0 Å². The number of carbonyl (C=O) groups excluding carboxylic acids is 2. The van der Waals surface area contributed by atoms with Crippen LogP contribution in [0.2, 0.25) is 0 Å². The van der Waals surface area contributed by atoms with Crippen LogP contribution in [0.15, 0.2) is 30.3 Å². The van der Waals surface area contributed by atoms with Gasteiger partial charge in [-0.3, -0.25) is 9.59 Å². The summed E-state index contributed by atoms with van der Waals surface area (Å²) >= 11 is 0. The van der Waals surface area contributed by atoms with Crippen LogP contribution in [0.5, 0.6) is 0 Å². The molecule has 0 aromatic heterocycles. The van der Waals surface area contributed by atoms with E-state index in [1.807, 2.05) is 30.3 Å². The predicted octanol–water partition coefficient (Wildman–Crippen LogP) is -0.292. The number of hydrogen-bond donors (Lipinski definition) is 2. The van der Waals surface area contributed by atoms with Crippen LogP contribution >= 0.6 is 0 Å². The molecule has 1 saturated heterocycles. The Bertz CT molecular complexity index is 706. The molecule has 1 aromatic carbocycles. The molecule has 1 heterocycles. The van der Waals surface area contributed by atoms with Crippen molar-refractivity contribution >= 4 is 21.7 Å². The second kappa shape index (κ2) is 8.44. The molecule has 0 aliphatic carbocycles. The largest absolute Gasteiger partial charge is 0.351 e. The fraction of sp³-hybridized carbons (Fsp3) is 0.529. The molecule has 2 atom stereocenters. The van der Waals surface area contributed by atoms with Gasteiger partial charge in [0.25, 0.3) is 0 Å². The van der Waals surface area contributed by atoms with Crippen molar-refractivity contribution < 1.29 is 18.0 Å². The zero-order valence-electron chi connectivity index (χ0n) is 14.3. The lowest BCUT2D eigenvalue weighted by molar-refractivity contribution is -0.137. The third-order valence-electron chi connectivity index (χ3n) is 4.24. The number of benzene rings is 1. The SMILES string of the molecule is CCN(CC(=O)NC1CCS(=O)(=O)C1)C(=O)C(N)Cc1ccccc1. The summed E-state index contributed by atoms with van der Waals surface area (Å²) in [6, 6.07) is 8.36. The van der Waals surface area contributed by atoms with Gasteiger partial charge in [-0.1, -0.05) is 30.3 Å². The number of nitrogens with zero attached hydrogens (tertiary/aromatic N) is 1. The van der Waals surface area contributed by atoms with Gasteiger partial charge in [-0.05, 0) is 25.3 Å². The first-order valence-corrected chi connectivity index (χ1v) is 10.2. The van der Waals surface area contributed by atoms with E-state index >= 15 is 0 Å². The summed E-state index contributed by atoms with van der Waals surface area (Å²) in [6.07, 6.45) is 0.820. The van der Waals surface area contributed by atoms with E-state index < -0.39 is 15.9 Å². The van der Waals surface area contributed by atoms with Crippen molar-refractivity contribution in [2.24, 2.45) is 5.73 Å². The van der Waals surface area contributed by atoms with Gasteiger partial charge in [0.05, 0.1) is 24.1 Å². The van der Waals surface area contributed by atoms with Crippen LogP contribution < -0.4 is 11.1 Å². The van der Waals surface area contributed by atoms with Crippen LogP contribution in [0.1, 0.15) is 18.9 Å². The highest BCUT2D eigenvalue weighted by Gasteiger charge is 2.30. The second-order valence-electron chi connectivity index (χ2n) is 6.32. The van der Waals surface area contributed by atoms with E-state index in [4.69, 9.17) is 5.73 Å². The van der Waals surface area contributed by atoms with Gasteiger partial charge in [-0.25, -0.2) is 8.42 Å². The molecule has 0 radical (unpaired) electrons. The van der Waals surface area contributed by atoms with E-state index in [9.17, 15) is 18.0 Å². The lowest BCUT2D eigenvalue weighted by Crippen LogP contribution is -2.50. The van der Waals surface area contributed by atoms with Crippen molar-refractivity contribution in [1.29, 1.82) is 0 Å². The minimum Gasteiger partial charge on any atom is -0.351 e. The zero-order chi connectivity index (χ0) is 18.4. The first-order valence-electron chi connectivity index (χ1n) is 8.39. The van der Waals surface area contributed by atoms with E-state index in [-0.39, 0.29) is 35.9 Å². The number of carbonyl (C=O) groups is 2. The van der Waals surface area contributed by atoms with Gasteiger partial charge in [0.15, 0.2) is 9.84 Å². The quantitative estimate of drug-likeness (QED) is 0.688. The van der Waals surface area contributed by atoms with Gasteiger partial charge in [0.1, 0.15) is 0 Å². The normalized spacial score (nSPS) is 20.0. The van der Waals surface area contributed by atoms with Crippen LogP contribution in [-0.2, 0) is 25.8 Å². The van der Waals surface area contributed by atoms with Crippen molar-refractivity contribution in [3.8, 4) is 0 Å². The Hall–Kier alpha value is -1.93. The van der Waals surface area contributed by atoms with Crippen LogP contribution in [0.4, 0.5) is 0 Å². The van der Waals surface area contributed by atoms with Gasteiger partial charge in [-0.15, -0.1) is 0 Å². The lowest BCUT2D eigenvalue weighted by atomic mass is 10.1. The summed E-state index contributed by atoms with van der Waals surface area (Å²) in [7, 11) is -3.05. The maximum Gasteiger partial charge on any atom is 0.240 e. The van der Waals surface area contributed by atoms with Gasteiger partial charge >= 0.3 is 0 Å². The predicted molar refractivity (Wildman–Crippen MR) is 95.6 cm³/mol. The third-order valence-corrected chi connectivity index (χ3v) is 6.01. The molecule has 0 bridgehead atoms. The second-order valence-corrected chi connectivity index (χ2v) is 8.54. The molecule has 1 fully saturated rings. The fourth-order valence-corrected chi connectivity index (χ4v) is 4.56. The Morgan fingerprint density at radius 3 is 2.56 bits per heavy atom. The van der Waals surface area contributed by atoms with E-state index in [2.05, 4.69) is 5.32 Å². The molecule has 25 heavy (non-hydrogen) atoms. The molecular formula is C17H25N3O4S. The number of nitrogens with one attached hydrogen (secondary N) is 1. The van der Waals surface area contributed by atoms with E-state index in [1.54, 1.807) is 6.92 Å². The third kappa shape index (κ3) is 5.82. The molecule has 2 rings (SSSR count). The van der Waals surface area contributed by atoms with Crippen molar-refractivity contribution in [3.63, 3.8) is 0 Å². The van der Waals surface area contributed by atoms with Crippen molar-refractivity contribution in [2.45, 2.75) is 31.8 Å². The van der Waals surface area contributed by atoms with E-state index in [0.717, 1.165) is 5.56 Å². The van der Waals surface area contributed by atoms with Gasteiger partial charge < -0.3 is 16.0 Å². The van der Waals surface area contributed by atoms with E-state index in [0.29, 0.717) is 19.4 Å². The number of nitrogens with two attached hydrogens (primary N) is 1. The fourth-order valence-electron chi connectivity index (χ4n) is 2.89. The molecule has 1 aromatic rings. The average Bonchev–Trinajstić information content (AvgIpc) is 2.91. The number of likely N-dealkylation sites (N-methyl/N-ethyl adjacent to an activating group) is 1. The smallest absolute Gasteiger partial charge is 0.240 e. The lowest BCUT2D eigenvalue weighted by Gasteiger charge is -2.24. The molecule has 2 unspecified atom stereocenters. The van der Waals surface area contributed by atoms with Gasteiger partial charge in [0.2, 0.25) is 11.8 Å². The molecule has 8 heteroatoms. The minimum atomic E-state index is -3.05. The molecule has 1 aliphatic rings. The molecule has 1 aliphatic heterocycles. The zero-order valence-corrected chi connectivity index (χ0v) is 15.2. The number of rotatable bonds is 7. The minimum absolute atomic E-state index is 0.0354. The molecular weight excluding hydrogens is 342 g/mol. The average molecular weight is 367 g/mol. The molecule has 138 valence electrons. The highest BCUT2D eigenvalue weighted by atomic mass is 32.2. The van der Waals surface area contributed by atoms with Crippen molar-refractivity contribution in [2.75, 3.05) is 24.6 Å². The molecule has 7 nitrogen and oxygen atoms in total. The van der Waals surface area contributed by atoms with Crippen molar-refractivity contribution in [3.05, 3.63) is 35.9 Å². The summed E-state index contributed by atoms with van der Waals surface area (Å²) in [4.78, 5) is 26.0. The monoisotopic (exact) mass is 367 g/mol. The van der Waals surface area contributed by atoms with E-state index in [1.165, 1.54) is 4.90 Å². The standard InChI is InChI=1S/C17H25N3O4S/c1-2-20(11-16(21)19-14-8-9-25(23,24)12-14)17(22)15(18)10-13-6-4-3-5-7-13/h3-7,14-15H,2,8-12,18H2,1H3,(H,19,21). The molecule has 0 spiro atoms. The Morgan fingerprint density at radius 2 is 2.00 bits per heavy atom. The first-order chi connectivity index (χ1) is 11.8. The Morgan fingerprint density at radius 1 is 1.32 bits per heavy atom. The molecule has 2 amide bonds. The maximum atomic E-state index is 12.5. The molecule has 0 saturated carbocycles. The van der Waals surface area contributed by atoms with Crippen molar-refractivity contribution in [1.82, 2.24) is 10.2 Å². The summed E-state index contributed by atoms with van der Waals surface area (Å²) in [5.41, 5.74) is 6.96. The number of hydrogen-bond acceptors (Lipinski definition) is 5. The van der Waals surface area contributed by atoms with Gasteiger partial charge in [0, 0.05) is 12.6 Å². The maximum absolute atomic E-state index is 12.5. The number of sulfone groups is 1. The highest BCUT2D eigenvalue weighted by molar-refractivity contribution is 7.91. The summed E-state index contributed by atoms with van der Waals surface area (Å²) < 4.78 is 22.9. The summed E-state index contributed by atoms with van der Waals surface area (Å²) in [5.74, 6) is -0.590. The Kier molecular flexibility index (Phi) is 6.55. The topological polar surface area (TPSA) is 110 Å². The number of amides is 2. The van der Waals surface area contributed by atoms with Crippen LogP contribution in [0.25, 0.3) is 0 Å². The van der Waals surface area contributed by atoms with Gasteiger partial charge in [-0.2, -0.15) is 0 Å². The summed E-state index contributed by atoms with van der Waals surface area (Å²) in [5, 5.41) is 2.69. The summed E-state index contributed by atoms with van der Waals surface area (Å²) in [6.45, 7) is 2.02. The highest BCUT2D eigenvalue weighted by Crippen LogP contribution is 2.11. The van der Waals surface area contributed by atoms with Crippen LogP contribution in [-0.4, -0.2) is 61.8 Å². The Labute approximate surface area is 148 Å². The van der Waals surface area contributed by atoms with Crippen LogP contribution in [0, 0.1) is 0 Å². The molecule has 3 N–H and O–H groups in total. The first kappa shape index (κ1) is 19.4.